The number of sulfonamides is 1. The molecule has 1 N–H and O–H groups in total. The number of hydrogen-bond acceptors (Lipinski definition) is 7. The van der Waals surface area contributed by atoms with Crippen molar-refractivity contribution < 1.29 is 17.9 Å². The molecule has 5 rings (SSSR count). The first-order valence-electron chi connectivity index (χ1n) is 12.7. The number of nitrogens with one attached hydrogen (secondary N) is 1. The Labute approximate surface area is 218 Å². The molecule has 0 radical (unpaired) electrons. The summed E-state index contributed by atoms with van der Waals surface area (Å²) in [6.45, 7) is 7.12. The molecule has 0 bridgehead atoms. The van der Waals surface area contributed by atoms with Crippen LogP contribution in [0.4, 0.5) is 5.82 Å². The first-order chi connectivity index (χ1) is 17.7. The molecule has 0 spiro atoms. The van der Waals surface area contributed by atoms with Crippen molar-refractivity contribution in [3.63, 3.8) is 0 Å². The molecule has 9 heteroatoms. The Hall–Kier alpha value is -3.46. The summed E-state index contributed by atoms with van der Waals surface area (Å²) in [6.07, 6.45) is 6.73. The Morgan fingerprint density at radius 1 is 1.08 bits per heavy atom. The molecule has 2 aliphatic rings. The smallest absolute Gasteiger partial charge is 0.281 e. The summed E-state index contributed by atoms with van der Waals surface area (Å²) in [4.78, 5) is 24.0. The maximum Gasteiger partial charge on any atom is 0.281 e. The maximum atomic E-state index is 13.2. The molecule has 1 aliphatic carbocycles. The fraction of sp³-hybridized carbons (Fsp3) is 0.393. The van der Waals surface area contributed by atoms with Crippen molar-refractivity contribution in [1.29, 1.82) is 0 Å². The van der Waals surface area contributed by atoms with Gasteiger partial charge in [-0.2, -0.15) is 13.4 Å². The number of fused-ring (bicyclic) bond motifs is 1. The highest BCUT2D eigenvalue weighted by molar-refractivity contribution is 7.90. The summed E-state index contributed by atoms with van der Waals surface area (Å²) in [7, 11) is -4.26. The van der Waals surface area contributed by atoms with Gasteiger partial charge in [-0.25, -0.2) is 9.71 Å². The van der Waals surface area contributed by atoms with E-state index in [0.29, 0.717) is 17.5 Å². The highest BCUT2D eigenvalue weighted by Crippen LogP contribution is 2.38. The zero-order valence-corrected chi connectivity index (χ0v) is 22.2. The number of aromatic nitrogens is 2. The van der Waals surface area contributed by atoms with Crippen LogP contribution in [0.5, 0.6) is 11.6 Å². The van der Waals surface area contributed by atoms with Crippen molar-refractivity contribution in [3.8, 4) is 11.6 Å². The minimum absolute atomic E-state index is 0.157. The van der Waals surface area contributed by atoms with Crippen molar-refractivity contribution in [2.24, 2.45) is 5.92 Å². The van der Waals surface area contributed by atoms with Crippen molar-refractivity contribution in [3.05, 3.63) is 71.4 Å². The molecule has 8 nitrogen and oxygen atoms in total. The molecule has 3 aromatic rings. The number of benzene rings is 1. The molecular weight excluding hydrogens is 488 g/mol. The zero-order chi connectivity index (χ0) is 26.2. The number of nitrogens with zero attached hydrogens (tertiary/aromatic N) is 3. The van der Waals surface area contributed by atoms with Crippen LogP contribution in [0.1, 0.15) is 61.5 Å². The highest BCUT2D eigenvalue weighted by atomic mass is 32.2. The number of carbonyl (C=O) groups is 1. The van der Waals surface area contributed by atoms with Gasteiger partial charge in [0.1, 0.15) is 11.6 Å². The summed E-state index contributed by atoms with van der Waals surface area (Å²) in [6, 6.07) is 13.6. The van der Waals surface area contributed by atoms with E-state index >= 15 is 0 Å². The summed E-state index contributed by atoms with van der Waals surface area (Å²) in [5.41, 5.74) is 2.38. The van der Waals surface area contributed by atoms with E-state index in [1.165, 1.54) is 11.6 Å². The van der Waals surface area contributed by atoms with Gasteiger partial charge in [0.2, 0.25) is 5.88 Å². The van der Waals surface area contributed by atoms with Gasteiger partial charge in [0, 0.05) is 24.3 Å². The number of ether oxygens (including phenoxy) is 1. The normalized spacial score (nSPS) is 18.8. The molecule has 194 valence electrons. The fourth-order valence-electron chi connectivity index (χ4n) is 5.18. The Balaban J connectivity index is 1.38. The van der Waals surface area contributed by atoms with E-state index in [1.54, 1.807) is 30.5 Å². The number of pyridine rings is 2. The van der Waals surface area contributed by atoms with E-state index in [0.717, 1.165) is 44.2 Å². The van der Waals surface area contributed by atoms with Crippen LogP contribution in [0.15, 0.2) is 59.8 Å². The van der Waals surface area contributed by atoms with Crippen LogP contribution < -0.4 is 14.4 Å². The maximum absolute atomic E-state index is 13.2. The summed E-state index contributed by atoms with van der Waals surface area (Å²) < 4.78 is 34.6. The quantitative estimate of drug-likeness (QED) is 0.494. The van der Waals surface area contributed by atoms with Crippen LogP contribution in [0.2, 0.25) is 0 Å². The summed E-state index contributed by atoms with van der Waals surface area (Å²) in [5.74, 6) is 0.971. The molecule has 1 fully saturated rings. The second kappa shape index (κ2) is 9.78. The van der Waals surface area contributed by atoms with Gasteiger partial charge in [-0.1, -0.05) is 25.1 Å². The standard InChI is InChI=1S/C28H32N4O4S/c1-19-16-18-32(28(19,2)3)26-22(12-8-17-29-26)27(33)31-37(34,35)25-15-7-14-24(30-25)36-23-13-6-10-20-9-4-5-11-21(20)23/h6-8,10,12-15,17,19H,4-5,9,11,16,18H2,1-3H3,(H,31,33). The summed E-state index contributed by atoms with van der Waals surface area (Å²) >= 11 is 0. The van der Waals surface area contributed by atoms with Gasteiger partial charge in [-0.3, -0.25) is 4.79 Å². The van der Waals surface area contributed by atoms with E-state index in [-0.39, 0.29) is 22.0 Å². The number of amides is 1. The minimum Gasteiger partial charge on any atom is -0.439 e. The molecule has 2 aromatic heterocycles. The van der Waals surface area contributed by atoms with Crippen molar-refractivity contribution >= 4 is 21.7 Å². The van der Waals surface area contributed by atoms with E-state index in [1.807, 2.05) is 12.1 Å². The van der Waals surface area contributed by atoms with Crippen LogP contribution in [0.3, 0.4) is 0 Å². The van der Waals surface area contributed by atoms with Crippen LogP contribution in [0.25, 0.3) is 0 Å². The molecule has 0 saturated carbocycles. The molecule has 1 atom stereocenters. The average Bonchev–Trinajstić information content (AvgIpc) is 3.16. The molecule has 1 saturated heterocycles. The molecule has 3 heterocycles. The Kier molecular flexibility index (Phi) is 6.66. The Morgan fingerprint density at radius 3 is 2.65 bits per heavy atom. The number of hydrogen-bond donors (Lipinski definition) is 1. The number of rotatable bonds is 6. The van der Waals surface area contributed by atoms with Crippen molar-refractivity contribution in [2.45, 2.75) is 63.4 Å². The molecule has 37 heavy (non-hydrogen) atoms. The molecule has 1 aliphatic heterocycles. The van der Waals surface area contributed by atoms with Gasteiger partial charge < -0.3 is 9.64 Å². The Morgan fingerprint density at radius 2 is 1.86 bits per heavy atom. The summed E-state index contributed by atoms with van der Waals surface area (Å²) in [5, 5.41) is -0.288. The third kappa shape index (κ3) is 4.92. The van der Waals surface area contributed by atoms with Crippen molar-refractivity contribution in [1.82, 2.24) is 14.7 Å². The lowest BCUT2D eigenvalue weighted by atomic mass is 9.90. The van der Waals surface area contributed by atoms with Gasteiger partial charge in [0.05, 0.1) is 5.56 Å². The molecular formula is C28H32N4O4S. The third-order valence-electron chi connectivity index (χ3n) is 7.74. The Bertz CT molecular complexity index is 1440. The molecule has 1 unspecified atom stereocenters. The lowest BCUT2D eigenvalue weighted by Gasteiger charge is -2.36. The van der Waals surface area contributed by atoms with Gasteiger partial charge in [0.25, 0.3) is 15.9 Å². The number of anilines is 1. The second-order valence-corrected chi connectivity index (χ2v) is 12.0. The largest absolute Gasteiger partial charge is 0.439 e. The molecule has 1 aromatic carbocycles. The fourth-order valence-corrected chi connectivity index (χ4v) is 6.11. The van der Waals surface area contributed by atoms with E-state index in [2.05, 4.69) is 46.4 Å². The third-order valence-corrected chi connectivity index (χ3v) is 8.97. The SMILES string of the molecule is CC1CCN(c2ncccc2C(=O)NS(=O)(=O)c2cccc(Oc3cccc4c3CCCC4)n2)C1(C)C. The molecule has 1 amide bonds. The lowest BCUT2D eigenvalue weighted by molar-refractivity contribution is 0.0981. The van der Waals surface area contributed by atoms with E-state index in [4.69, 9.17) is 4.74 Å². The van der Waals surface area contributed by atoms with Gasteiger partial charge in [0.15, 0.2) is 5.03 Å². The zero-order valence-electron chi connectivity index (χ0n) is 21.4. The minimum atomic E-state index is -4.26. The predicted octanol–water partition coefficient (Wildman–Crippen LogP) is 4.89. The van der Waals surface area contributed by atoms with E-state index in [9.17, 15) is 13.2 Å². The predicted molar refractivity (Wildman–Crippen MR) is 141 cm³/mol. The first kappa shape index (κ1) is 25.2. The highest BCUT2D eigenvalue weighted by Gasteiger charge is 2.40. The average molecular weight is 521 g/mol. The number of aryl methyl sites for hydroxylation is 1. The topological polar surface area (TPSA) is 101 Å². The van der Waals surface area contributed by atoms with Gasteiger partial charge >= 0.3 is 0 Å². The second-order valence-electron chi connectivity index (χ2n) is 10.3. The van der Waals surface area contributed by atoms with Gasteiger partial charge in [-0.15, -0.1) is 0 Å². The van der Waals surface area contributed by atoms with Gasteiger partial charge in [-0.05, 0) is 87.3 Å². The lowest BCUT2D eigenvalue weighted by Crippen LogP contribution is -2.43. The van der Waals surface area contributed by atoms with Crippen LogP contribution in [-0.2, 0) is 22.9 Å². The van der Waals surface area contributed by atoms with Crippen LogP contribution in [0, 0.1) is 5.92 Å². The monoisotopic (exact) mass is 520 g/mol. The first-order valence-corrected chi connectivity index (χ1v) is 14.2. The number of carbonyl (C=O) groups excluding carboxylic acids is 1. The van der Waals surface area contributed by atoms with Crippen molar-refractivity contribution in [2.75, 3.05) is 11.4 Å². The van der Waals surface area contributed by atoms with Crippen LogP contribution >= 0.6 is 0 Å². The van der Waals surface area contributed by atoms with Crippen LogP contribution in [-0.4, -0.2) is 36.4 Å². The van der Waals surface area contributed by atoms with E-state index < -0.39 is 15.9 Å².